The molecule has 1 rings (SSSR count). The van der Waals surface area contributed by atoms with Crippen molar-refractivity contribution in [2.24, 2.45) is 0 Å². The van der Waals surface area contributed by atoms with E-state index in [0.717, 1.165) is 38.5 Å². The van der Waals surface area contributed by atoms with E-state index in [1.54, 1.807) is 0 Å². The highest BCUT2D eigenvalue weighted by molar-refractivity contribution is 7.80. The van der Waals surface area contributed by atoms with Crippen molar-refractivity contribution in [1.82, 2.24) is 0 Å². The molecule has 298 valence electrons. The van der Waals surface area contributed by atoms with Crippen LogP contribution in [0.5, 0.6) is 0 Å². The third-order valence-electron chi connectivity index (χ3n) is 9.23. The topological polar surface area (TPSA) is 178 Å². The number of aliphatic hydroxyl groups excluding tert-OH is 3. The Morgan fingerprint density at radius 2 is 1.14 bits per heavy atom. The lowest BCUT2D eigenvalue weighted by atomic mass is 9.99. The van der Waals surface area contributed by atoms with Crippen LogP contribution in [0.2, 0.25) is 0 Å². The summed E-state index contributed by atoms with van der Waals surface area (Å²) in [6, 6.07) is 0. The van der Waals surface area contributed by atoms with E-state index in [9.17, 15) is 28.5 Å². The number of hydrogen-bond acceptors (Lipinski definition) is 11. The lowest BCUT2D eigenvalue weighted by molar-refractivity contribution is -0.301. The molecule has 1 aliphatic heterocycles. The average Bonchev–Trinajstić information content (AvgIpc) is 3.08. The molecule has 50 heavy (non-hydrogen) atoms. The second-order valence-electron chi connectivity index (χ2n) is 13.9. The zero-order valence-electron chi connectivity index (χ0n) is 31.2. The fraction of sp³-hybridized carbons (Fsp3) is 0.973. The van der Waals surface area contributed by atoms with Crippen LogP contribution in [0.3, 0.4) is 0 Å². The maximum atomic E-state index is 12.5. The van der Waals surface area contributed by atoms with Gasteiger partial charge in [0.25, 0.3) is 0 Å². The molecule has 0 aromatic carbocycles. The first-order valence-corrected chi connectivity index (χ1v) is 21.2. The quantitative estimate of drug-likeness (QED) is 0.0303. The largest absolute Gasteiger partial charge is 0.457 e. The molecule has 1 aliphatic rings. The first-order valence-electron chi connectivity index (χ1n) is 19.8. The SMILES string of the molecule is CCCCCCCCCCCCCCCCCCCCCOCC(COC1OC(CO)C(O)C(OS(=O)(=O)O)C1O)OC(=O)CCCCCC. The first-order chi connectivity index (χ1) is 24.1. The number of esters is 1. The van der Waals surface area contributed by atoms with Gasteiger partial charge in [0.1, 0.15) is 30.5 Å². The van der Waals surface area contributed by atoms with E-state index in [1.165, 1.54) is 103 Å². The number of aliphatic hydroxyl groups is 3. The van der Waals surface area contributed by atoms with Crippen molar-refractivity contribution in [2.75, 3.05) is 26.4 Å². The minimum absolute atomic E-state index is 0.0412. The van der Waals surface area contributed by atoms with Crippen LogP contribution < -0.4 is 0 Å². The molecule has 1 heterocycles. The molecular formula is C37H72O12S. The van der Waals surface area contributed by atoms with E-state index in [0.29, 0.717) is 13.0 Å². The minimum Gasteiger partial charge on any atom is -0.457 e. The Kier molecular flexibility index (Phi) is 28.8. The molecule has 6 atom stereocenters. The molecule has 0 bridgehead atoms. The van der Waals surface area contributed by atoms with E-state index >= 15 is 0 Å². The Morgan fingerprint density at radius 3 is 1.60 bits per heavy atom. The maximum absolute atomic E-state index is 12.5. The lowest BCUT2D eigenvalue weighted by Gasteiger charge is -2.41. The van der Waals surface area contributed by atoms with Gasteiger partial charge < -0.3 is 34.3 Å². The fourth-order valence-corrected chi connectivity index (χ4v) is 6.71. The first kappa shape index (κ1) is 47.1. The summed E-state index contributed by atoms with van der Waals surface area (Å²) in [4.78, 5) is 12.5. The van der Waals surface area contributed by atoms with E-state index in [4.69, 9.17) is 23.5 Å². The average molecular weight is 741 g/mol. The van der Waals surface area contributed by atoms with Crippen LogP contribution in [0.1, 0.15) is 168 Å². The van der Waals surface area contributed by atoms with Crippen molar-refractivity contribution in [3.63, 3.8) is 0 Å². The second kappa shape index (κ2) is 30.6. The van der Waals surface area contributed by atoms with Gasteiger partial charge in [-0.1, -0.05) is 149 Å². The summed E-state index contributed by atoms with van der Waals surface area (Å²) >= 11 is 0. The molecule has 13 heteroatoms. The molecule has 1 saturated heterocycles. The molecule has 6 unspecified atom stereocenters. The number of carbonyl (C=O) groups excluding carboxylic acids is 1. The maximum Gasteiger partial charge on any atom is 0.397 e. The number of hydrogen-bond donors (Lipinski definition) is 4. The number of carbonyl (C=O) groups is 1. The Morgan fingerprint density at radius 1 is 0.680 bits per heavy atom. The van der Waals surface area contributed by atoms with E-state index in [2.05, 4.69) is 18.0 Å². The number of rotatable bonds is 34. The van der Waals surface area contributed by atoms with Crippen LogP contribution in [-0.2, 0) is 38.3 Å². The Hall–Kier alpha value is -0.900. The second-order valence-corrected chi connectivity index (χ2v) is 14.9. The monoisotopic (exact) mass is 740 g/mol. The Labute approximate surface area is 303 Å². The highest BCUT2D eigenvalue weighted by atomic mass is 32.3. The van der Waals surface area contributed by atoms with Gasteiger partial charge >= 0.3 is 16.4 Å². The van der Waals surface area contributed by atoms with Gasteiger partial charge in [-0.2, -0.15) is 8.42 Å². The van der Waals surface area contributed by atoms with Crippen LogP contribution in [-0.4, -0.2) is 97.5 Å². The van der Waals surface area contributed by atoms with Gasteiger partial charge in [0, 0.05) is 13.0 Å². The van der Waals surface area contributed by atoms with Gasteiger partial charge in [-0.3, -0.25) is 9.35 Å². The summed E-state index contributed by atoms with van der Waals surface area (Å²) in [5, 5.41) is 30.4. The molecule has 0 amide bonds. The highest BCUT2D eigenvalue weighted by Gasteiger charge is 2.48. The Bertz CT molecular complexity index is 905. The molecule has 0 aromatic rings. The third kappa shape index (κ3) is 24.4. The van der Waals surface area contributed by atoms with Gasteiger partial charge in [-0.05, 0) is 12.8 Å². The van der Waals surface area contributed by atoms with Crippen LogP contribution in [0.25, 0.3) is 0 Å². The standard InChI is InChI=1S/C37H72O12S/c1-3-5-7-9-10-11-12-13-14-15-16-17-18-19-20-21-22-23-25-27-45-29-31(47-33(39)26-24-8-6-4-2)30-46-37-35(41)36(49-50(42,43)44)34(40)32(28-38)48-37/h31-32,34-38,40-41H,3-30H2,1-2H3,(H,42,43,44). The molecule has 0 saturated carbocycles. The van der Waals surface area contributed by atoms with Crippen molar-refractivity contribution < 1.29 is 56.2 Å². The van der Waals surface area contributed by atoms with Crippen LogP contribution in [0.15, 0.2) is 0 Å². The number of ether oxygens (including phenoxy) is 4. The Balaban J connectivity index is 2.29. The van der Waals surface area contributed by atoms with Gasteiger partial charge in [-0.15, -0.1) is 0 Å². The molecule has 0 aliphatic carbocycles. The highest BCUT2D eigenvalue weighted by Crippen LogP contribution is 2.26. The van der Waals surface area contributed by atoms with Crippen molar-refractivity contribution in [1.29, 1.82) is 0 Å². The van der Waals surface area contributed by atoms with Crippen molar-refractivity contribution >= 4 is 16.4 Å². The normalized spacial score (nSPS) is 21.8. The van der Waals surface area contributed by atoms with E-state index in [1.807, 2.05) is 0 Å². The predicted molar refractivity (Wildman–Crippen MR) is 193 cm³/mol. The molecule has 0 aromatic heterocycles. The zero-order chi connectivity index (χ0) is 36.9. The van der Waals surface area contributed by atoms with Crippen molar-refractivity contribution in [3.05, 3.63) is 0 Å². The van der Waals surface area contributed by atoms with Crippen LogP contribution in [0.4, 0.5) is 0 Å². The third-order valence-corrected chi connectivity index (χ3v) is 9.69. The van der Waals surface area contributed by atoms with Gasteiger partial charge in [0.2, 0.25) is 0 Å². The molecule has 0 radical (unpaired) electrons. The van der Waals surface area contributed by atoms with Gasteiger partial charge in [-0.25, -0.2) is 4.18 Å². The van der Waals surface area contributed by atoms with Crippen molar-refractivity contribution in [3.8, 4) is 0 Å². The molecule has 12 nitrogen and oxygen atoms in total. The molecular weight excluding hydrogens is 668 g/mol. The van der Waals surface area contributed by atoms with Gasteiger partial charge in [0.05, 0.1) is 19.8 Å². The molecule has 4 N–H and O–H groups in total. The summed E-state index contributed by atoms with van der Waals surface area (Å²) in [5.74, 6) is -0.414. The van der Waals surface area contributed by atoms with Gasteiger partial charge in [0.15, 0.2) is 6.29 Å². The summed E-state index contributed by atoms with van der Waals surface area (Å²) < 4.78 is 58.4. The van der Waals surface area contributed by atoms with Crippen LogP contribution in [0, 0.1) is 0 Å². The summed E-state index contributed by atoms with van der Waals surface area (Å²) in [6.45, 7) is 3.86. The van der Waals surface area contributed by atoms with Crippen molar-refractivity contribution in [2.45, 2.75) is 205 Å². The molecule has 0 spiro atoms. The van der Waals surface area contributed by atoms with E-state index in [-0.39, 0.29) is 19.6 Å². The minimum atomic E-state index is -5.04. The lowest BCUT2D eigenvalue weighted by Crippen LogP contribution is -2.60. The van der Waals surface area contributed by atoms with E-state index < -0.39 is 59.8 Å². The zero-order valence-corrected chi connectivity index (χ0v) is 32.0. The number of unbranched alkanes of at least 4 members (excludes halogenated alkanes) is 21. The predicted octanol–water partition coefficient (Wildman–Crippen LogP) is 6.96. The fourth-order valence-electron chi connectivity index (χ4n) is 6.20. The van der Waals surface area contributed by atoms with Crippen LogP contribution >= 0.6 is 0 Å². The summed E-state index contributed by atoms with van der Waals surface area (Å²) in [5.41, 5.74) is 0. The summed E-state index contributed by atoms with van der Waals surface area (Å²) in [6.07, 6.45) is 19.4. The molecule has 1 fully saturated rings. The smallest absolute Gasteiger partial charge is 0.397 e. The summed E-state index contributed by atoms with van der Waals surface area (Å²) in [7, 11) is -5.04.